The Morgan fingerprint density at radius 2 is 1.85 bits per heavy atom. The van der Waals surface area contributed by atoms with E-state index in [-0.39, 0.29) is 6.71 Å². The lowest BCUT2D eigenvalue weighted by Gasteiger charge is -2.18. The van der Waals surface area contributed by atoms with Gasteiger partial charge in [0.05, 0.1) is 0 Å². The normalized spacial score (nSPS) is 15.2. The zero-order chi connectivity index (χ0) is 15.9. The van der Waals surface area contributed by atoms with E-state index in [2.05, 4.69) is 20.4 Å². The van der Waals surface area contributed by atoms with Crippen molar-refractivity contribution < 1.29 is 13.2 Å². The van der Waals surface area contributed by atoms with Crippen molar-refractivity contribution >= 4 is 6.71 Å². The molecule has 0 radical (unpaired) electrons. The Hall–Kier alpha value is -1.13. The summed E-state index contributed by atoms with van der Waals surface area (Å²) in [6, 6.07) is 0. The minimum atomic E-state index is -4.31. The van der Waals surface area contributed by atoms with E-state index in [0.717, 1.165) is 37.5 Å². The molecule has 114 valence electrons. The lowest BCUT2D eigenvalue weighted by atomic mass is 9.38. The van der Waals surface area contributed by atoms with Gasteiger partial charge in [0, 0.05) is 11.3 Å². The molecule has 2 N–H and O–H groups in total. The molecule has 5 heteroatoms. The molecule has 0 rings (SSSR count). The summed E-state index contributed by atoms with van der Waals surface area (Å²) < 4.78 is 37.1. The molecule has 1 nitrogen and oxygen atoms in total. The van der Waals surface area contributed by atoms with Gasteiger partial charge in [0.2, 0.25) is 0 Å². The second-order valence-electron chi connectivity index (χ2n) is 5.35. The summed E-state index contributed by atoms with van der Waals surface area (Å²) in [6.07, 6.45) is 0.933. The predicted octanol–water partition coefficient (Wildman–Crippen LogP) is 4.99. The smallest absolute Gasteiger partial charge is 0.399 e. The first-order valence-corrected chi connectivity index (χ1v) is 7.03. The Labute approximate surface area is 120 Å². The number of nitrogens with two attached hydrogens (primary N) is 1. The number of hydrogen-bond donors (Lipinski definition) is 1. The standard InChI is InChI=1S/C15H25BF3N/c1-6-11(3)10-16(7-2)13(5)14(20)9-8-12(4)15(17,18)19/h8-9,11H,5-7,10,20H2,1-4H3/b12-8+,14-9+. The molecular weight excluding hydrogens is 262 g/mol. The number of allylic oxidation sites excluding steroid dienone is 4. The van der Waals surface area contributed by atoms with Crippen LogP contribution in [0, 0.1) is 5.92 Å². The lowest BCUT2D eigenvalue weighted by molar-refractivity contribution is -0.0912. The van der Waals surface area contributed by atoms with Gasteiger partial charge in [-0.15, -0.1) is 6.58 Å². The number of rotatable bonds is 7. The lowest BCUT2D eigenvalue weighted by Crippen LogP contribution is -2.22. The molecule has 0 saturated heterocycles. The largest absolute Gasteiger partial charge is 0.412 e. The maximum absolute atomic E-state index is 12.4. The summed E-state index contributed by atoms with van der Waals surface area (Å²) in [6.45, 7) is 11.5. The monoisotopic (exact) mass is 287 g/mol. The summed E-state index contributed by atoms with van der Waals surface area (Å²) in [5, 5.41) is 0. The van der Waals surface area contributed by atoms with Crippen LogP contribution in [0.2, 0.25) is 12.6 Å². The fourth-order valence-corrected chi connectivity index (χ4v) is 1.86. The average molecular weight is 287 g/mol. The van der Waals surface area contributed by atoms with Gasteiger partial charge in [0.25, 0.3) is 0 Å². The SMILES string of the molecule is C=C(B(CC)CC(C)CC)/C(N)=C\C=C(/C)C(F)(F)F. The number of halogens is 3. The first kappa shape index (κ1) is 18.9. The fourth-order valence-electron chi connectivity index (χ4n) is 1.86. The molecule has 20 heavy (non-hydrogen) atoms. The van der Waals surface area contributed by atoms with Gasteiger partial charge in [-0.3, -0.25) is 0 Å². The fraction of sp³-hybridized carbons (Fsp3) is 0.600. The van der Waals surface area contributed by atoms with Crippen LogP contribution in [-0.4, -0.2) is 12.9 Å². The van der Waals surface area contributed by atoms with E-state index < -0.39 is 11.7 Å². The van der Waals surface area contributed by atoms with Crippen LogP contribution in [0.15, 0.2) is 35.5 Å². The molecule has 1 unspecified atom stereocenters. The van der Waals surface area contributed by atoms with E-state index >= 15 is 0 Å². The minimum Gasteiger partial charge on any atom is -0.399 e. The Morgan fingerprint density at radius 1 is 1.30 bits per heavy atom. The maximum Gasteiger partial charge on any atom is 0.412 e. The highest BCUT2D eigenvalue weighted by Gasteiger charge is 2.29. The minimum absolute atomic E-state index is 0.223. The molecule has 0 aromatic carbocycles. The third kappa shape index (κ3) is 6.35. The Bertz CT molecular complexity index is 383. The highest BCUT2D eigenvalue weighted by molar-refractivity contribution is 6.67. The zero-order valence-electron chi connectivity index (χ0n) is 12.8. The molecule has 0 fully saturated rings. The van der Waals surface area contributed by atoms with Crippen LogP contribution in [0.1, 0.15) is 34.1 Å². The van der Waals surface area contributed by atoms with Crippen LogP contribution in [-0.2, 0) is 0 Å². The molecule has 0 saturated carbocycles. The maximum atomic E-state index is 12.4. The van der Waals surface area contributed by atoms with Gasteiger partial charge in [-0.1, -0.05) is 57.3 Å². The Morgan fingerprint density at radius 3 is 2.25 bits per heavy atom. The van der Waals surface area contributed by atoms with Crippen LogP contribution < -0.4 is 5.73 Å². The van der Waals surface area contributed by atoms with E-state index in [0.29, 0.717) is 11.6 Å². The van der Waals surface area contributed by atoms with Gasteiger partial charge >= 0.3 is 6.18 Å². The first-order valence-electron chi connectivity index (χ1n) is 7.03. The average Bonchev–Trinajstić information content (AvgIpc) is 2.39. The van der Waals surface area contributed by atoms with E-state index in [4.69, 9.17) is 5.73 Å². The summed E-state index contributed by atoms with van der Waals surface area (Å²) in [5.41, 5.74) is 6.26. The van der Waals surface area contributed by atoms with Crippen molar-refractivity contribution in [2.24, 2.45) is 11.7 Å². The number of hydrogen-bond acceptors (Lipinski definition) is 1. The summed E-state index contributed by atoms with van der Waals surface area (Å²) in [7, 11) is 0. The van der Waals surface area contributed by atoms with Crippen LogP contribution in [0.4, 0.5) is 13.2 Å². The van der Waals surface area contributed by atoms with Gasteiger partial charge in [0.1, 0.15) is 0 Å². The van der Waals surface area contributed by atoms with Crippen LogP contribution in [0.25, 0.3) is 0 Å². The molecule has 0 heterocycles. The molecule has 0 aromatic heterocycles. The Balaban J connectivity index is 4.90. The summed E-state index contributed by atoms with van der Waals surface area (Å²) >= 11 is 0. The molecule has 0 aromatic rings. The predicted molar refractivity (Wildman–Crippen MR) is 81.7 cm³/mol. The van der Waals surface area contributed by atoms with Gasteiger partial charge in [-0.25, -0.2) is 0 Å². The van der Waals surface area contributed by atoms with Crippen LogP contribution >= 0.6 is 0 Å². The zero-order valence-corrected chi connectivity index (χ0v) is 12.8. The van der Waals surface area contributed by atoms with Crippen molar-refractivity contribution in [3.05, 3.63) is 35.5 Å². The van der Waals surface area contributed by atoms with Crippen molar-refractivity contribution in [2.75, 3.05) is 0 Å². The van der Waals surface area contributed by atoms with Gasteiger partial charge in [-0.2, -0.15) is 13.2 Å². The van der Waals surface area contributed by atoms with Crippen molar-refractivity contribution in [3.8, 4) is 0 Å². The van der Waals surface area contributed by atoms with Crippen molar-refractivity contribution in [1.29, 1.82) is 0 Å². The van der Waals surface area contributed by atoms with E-state index in [9.17, 15) is 13.2 Å². The van der Waals surface area contributed by atoms with Gasteiger partial charge in [-0.05, 0) is 13.0 Å². The van der Waals surface area contributed by atoms with Crippen LogP contribution in [0.3, 0.4) is 0 Å². The molecule has 1 atom stereocenters. The molecule has 0 aliphatic heterocycles. The summed E-state index contributed by atoms with van der Waals surface area (Å²) in [4.78, 5) is 0. The molecule has 0 aliphatic rings. The second-order valence-corrected chi connectivity index (χ2v) is 5.35. The topological polar surface area (TPSA) is 26.0 Å². The third-order valence-corrected chi connectivity index (χ3v) is 3.70. The van der Waals surface area contributed by atoms with E-state index in [1.54, 1.807) is 0 Å². The second kappa shape index (κ2) is 8.23. The first-order chi connectivity index (χ1) is 9.13. The van der Waals surface area contributed by atoms with Crippen molar-refractivity contribution in [3.63, 3.8) is 0 Å². The van der Waals surface area contributed by atoms with Gasteiger partial charge in [0.15, 0.2) is 6.71 Å². The number of alkyl halides is 3. The van der Waals surface area contributed by atoms with E-state index in [1.165, 1.54) is 6.08 Å². The van der Waals surface area contributed by atoms with Gasteiger partial charge < -0.3 is 5.73 Å². The molecule has 0 amide bonds. The Kier molecular flexibility index (Phi) is 7.76. The molecule has 0 bridgehead atoms. The van der Waals surface area contributed by atoms with Crippen LogP contribution in [0.5, 0.6) is 0 Å². The summed E-state index contributed by atoms with van der Waals surface area (Å²) in [5.74, 6) is 0.553. The highest BCUT2D eigenvalue weighted by Crippen LogP contribution is 2.25. The van der Waals surface area contributed by atoms with E-state index in [1.807, 2.05) is 6.92 Å². The van der Waals surface area contributed by atoms with Crippen molar-refractivity contribution in [2.45, 2.75) is 52.9 Å². The molecule has 0 aliphatic carbocycles. The highest BCUT2D eigenvalue weighted by atomic mass is 19.4. The molecule has 0 spiro atoms. The quantitative estimate of drug-likeness (QED) is 0.518. The van der Waals surface area contributed by atoms with Crippen molar-refractivity contribution in [1.82, 2.24) is 0 Å². The third-order valence-electron chi connectivity index (χ3n) is 3.70. The molecular formula is C15H25BF3N.